The molecule has 1 amide bonds. The molecular weight excluding hydrogens is 326 g/mol. The summed E-state index contributed by atoms with van der Waals surface area (Å²) in [5.41, 5.74) is 2.14. The van der Waals surface area contributed by atoms with Crippen molar-refractivity contribution >= 4 is 17.4 Å². The molecule has 0 saturated heterocycles. The lowest BCUT2D eigenvalue weighted by Crippen LogP contribution is -2.15. The molecule has 1 heterocycles. The zero-order valence-electron chi connectivity index (χ0n) is 14.2. The Morgan fingerprint density at radius 2 is 1.77 bits per heavy atom. The molecule has 6 heteroatoms. The van der Waals surface area contributed by atoms with Crippen molar-refractivity contribution in [3.8, 4) is 6.07 Å². The highest BCUT2D eigenvalue weighted by Gasteiger charge is 2.12. The van der Waals surface area contributed by atoms with E-state index in [-0.39, 0.29) is 11.7 Å². The quantitative estimate of drug-likeness (QED) is 0.736. The maximum absolute atomic E-state index is 12.3. The molecule has 26 heavy (non-hydrogen) atoms. The summed E-state index contributed by atoms with van der Waals surface area (Å²) in [5, 5.41) is 15.0. The van der Waals surface area contributed by atoms with Crippen molar-refractivity contribution in [3.05, 3.63) is 83.8 Å². The number of benzene rings is 2. The maximum atomic E-state index is 12.3. The predicted octanol–water partition coefficient (Wildman–Crippen LogP) is 3.77. The summed E-state index contributed by atoms with van der Waals surface area (Å²) in [7, 11) is 0. The third kappa shape index (κ3) is 4.02. The lowest BCUT2D eigenvalue weighted by Gasteiger charge is -2.14. The van der Waals surface area contributed by atoms with E-state index in [9.17, 15) is 4.79 Å². The molecule has 0 aliphatic rings. The molecular formula is C20H17N5O. The van der Waals surface area contributed by atoms with Crippen LogP contribution in [-0.2, 0) is 0 Å². The number of aromatic nitrogens is 2. The van der Waals surface area contributed by atoms with Gasteiger partial charge in [0.05, 0.1) is 23.6 Å². The molecule has 1 atom stereocenters. The molecule has 0 bridgehead atoms. The average molecular weight is 343 g/mol. The summed E-state index contributed by atoms with van der Waals surface area (Å²) >= 11 is 0. The second-order valence-corrected chi connectivity index (χ2v) is 5.68. The van der Waals surface area contributed by atoms with Crippen LogP contribution in [0.2, 0.25) is 0 Å². The number of rotatable bonds is 5. The van der Waals surface area contributed by atoms with E-state index in [2.05, 4.69) is 20.6 Å². The van der Waals surface area contributed by atoms with Crippen molar-refractivity contribution in [2.45, 2.75) is 13.0 Å². The van der Waals surface area contributed by atoms with Gasteiger partial charge in [-0.1, -0.05) is 42.5 Å². The molecule has 0 aliphatic heterocycles. The zero-order chi connectivity index (χ0) is 18.4. The summed E-state index contributed by atoms with van der Waals surface area (Å²) in [6.45, 7) is 2.02. The molecule has 2 N–H and O–H groups in total. The van der Waals surface area contributed by atoms with E-state index < -0.39 is 5.91 Å². The van der Waals surface area contributed by atoms with Gasteiger partial charge in [0.2, 0.25) is 0 Å². The molecule has 0 aliphatic carbocycles. The SMILES string of the molecule is CC(Nc1cnc(C(=O)Nc2ccccc2C#N)cn1)c1ccccc1. The van der Waals surface area contributed by atoms with Crippen LogP contribution in [-0.4, -0.2) is 15.9 Å². The van der Waals surface area contributed by atoms with Crippen LogP contribution in [0.15, 0.2) is 67.0 Å². The molecule has 1 unspecified atom stereocenters. The minimum Gasteiger partial charge on any atom is -0.362 e. The van der Waals surface area contributed by atoms with Crippen LogP contribution in [0, 0.1) is 11.3 Å². The van der Waals surface area contributed by atoms with Crippen molar-refractivity contribution in [2.24, 2.45) is 0 Å². The number of nitrogens with zero attached hydrogens (tertiary/aromatic N) is 3. The Morgan fingerprint density at radius 1 is 1.04 bits per heavy atom. The first-order valence-electron chi connectivity index (χ1n) is 8.11. The van der Waals surface area contributed by atoms with E-state index in [4.69, 9.17) is 5.26 Å². The van der Waals surface area contributed by atoms with Gasteiger partial charge in [0.1, 0.15) is 17.6 Å². The summed E-state index contributed by atoms with van der Waals surface area (Å²) in [4.78, 5) is 20.7. The number of nitrogens with one attached hydrogen (secondary N) is 2. The number of para-hydroxylation sites is 1. The van der Waals surface area contributed by atoms with Crippen LogP contribution in [0.25, 0.3) is 0 Å². The number of anilines is 2. The fourth-order valence-corrected chi connectivity index (χ4v) is 2.44. The van der Waals surface area contributed by atoms with Gasteiger partial charge in [-0.25, -0.2) is 9.97 Å². The van der Waals surface area contributed by atoms with Gasteiger partial charge >= 0.3 is 0 Å². The molecule has 0 radical (unpaired) electrons. The van der Waals surface area contributed by atoms with Crippen molar-refractivity contribution in [1.29, 1.82) is 5.26 Å². The summed E-state index contributed by atoms with van der Waals surface area (Å²) < 4.78 is 0. The normalized spacial score (nSPS) is 11.2. The lowest BCUT2D eigenvalue weighted by molar-refractivity contribution is 0.102. The van der Waals surface area contributed by atoms with E-state index >= 15 is 0 Å². The molecule has 1 aromatic heterocycles. The van der Waals surface area contributed by atoms with E-state index in [1.54, 1.807) is 24.3 Å². The number of hydrogen-bond acceptors (Lipinski definition) is 5. The first kappa shape index (κ1) is 17.1. The summed E-state index contributed by atoms with van der Waals surface area (Å²) in [6.07, 6.45) is 2.93. The molecule has 0 fully saturated rings. The summed E-state index contributed by atoms with van der Waals surface area (Å²) in [6, 6.07) is 18.9. The van der Waals surface area contributed by atoms with Gasteiger partial charge in [0.25, 0.3) is 5.91 Å². The fourth-order valence-electron chi connectivity index (χ4n) is 2.44. The highest BCUT2D eigenvalue weighted by Crippen LogP contribution is 2.17. The number of carbonyl (C=O) groups is 1. The second kappa shape index (κ2) is 7.90. The Morgan fingerprint density at radius 3 is 2.46 bits per heavy atom. The standard InChI is InChI=1S/C20H17N5O/c1-14(15-7-3-2-4-8-15)24-19-13-22-18(12-23-19)20(26)25-17-10-6-5-9-16(17)11-21/h2-10,12-14H,1H3,(H,23,24)(H,25,26). The highest BCUT2D eigenvalue weighted by atomic mass is 16.1. The Kier molecular flexibility index (Phi) is 5.20. The van der Waals surface area contributed by atoms with Gasteiger partial charge < -0.3 is 10.6 Å². The largest absolute Gasteiger partial charge is 0.362 e. The van der Waals surface area contributed by atoms with Crippen molar-refractivity contribution in [3.63, 3.8) is 0 Å². The third-order valence-electron chi connectivity index (χ3n) is 3.84. The van der Waals surface area contributed by atoms with Crippen LogP contribution in [0.3, 0.4) is 0 Å². The fraction of sp³-hybridized carbons (Fsp3) is 0.100. The topological polar surface area (TPSA) is 90.7 Å². The number of carbonyl (C=O) groups excluding carboxylic acids is 1. The predicted molar refractivity (Wildman–Crippen MR) is 99.6 cm³/mol. The van der Waals surface area contributed by atoms with E-state index in [0.29, 0.717) is 17.1 Å². The van der Waals surface area contributed by atoms with Crippen LogP contribution in [0.4, 0.5) is 11.5 Å². The monoisotopic (exact) mass is 343 g/mol. The lowest BCUT2D eigenvalue weighted by atomic mass is 10.1. The van der Waals surface area contributed by atoms with E-state index in [1.807, 2.05) is 43.3 Å². The van der Waals surface area contributed by atoms with Crippen LogP contribution in [0.5, 0.6) is 0 Å². The molecule has 3 rings (SSSR count). The van der Waals surface area contributed by atoms with Crippen molar-refractivity contribution in [2.75, 3.05) is 10.6 Å². The van der Waals surface area contributed by atoms with Crippen LogP contribution in [0.1, 0.15) is 34.6 Å². The van der Waals surface area contributed by atoms with Gasteiger partial charge in [-0.3, -0.25) is 4.79 Å². The van der Waals surface area contributed by atoms with Gasteiger partial charge in [-0.2, -0.15) is 5.26 Å². The molecule has 6 nitrogen and oxygen atoms in total. The molecule has 0 spiro atoms. The number of hydrogen-bond donors (Lipinski definition) is 2. The summed E-state index contributed by atoms with van der Waals surface area (Å²) in [5.74, 6) is 0.165. The van der Waals surface area contributed by atoms with E-state index in [0.717, 1.165) is 5.56 Å². The molecule has 3 aromatic rings. The van der Waals surface area contributed by atoms with Gasteiger partial charge in [0, 0.05) is 6.04 Å². The molecule has 128 valence electrons. The number of amides is 1. The van der Waals surface area contributed by atoms with Gasteiger partial charge in [-0.05, 0) is 24.6 Å². The third-order valence-corrected chi connectivity index (χ3v) is 3.84. The molecule has 0 saturated carbocycles. The van der Waals surface area contributed by atoms with Gasteiger partial charge in [-0.15, -0.1) is 0 Å². The van der Waals surface area contributed by atoms with E-state index in [1.165, 1.54) is 12.4 Å². The highest BCUT2D eigenvalue weighted by molar-refractivity contribution is 6.03. The van der Waals surface area contributed by atoms with Gasteiger partial charge in [0.15, 0.2) is 0 Å². The van der Waals surface area contributed by atoms with Crippen LogP contribution >= 0.6 is 0 Å². The number of nitriles is 1. The Hall–Kier alpha value is -3.72. The first-order chi connectivity index (χ1) is 12.7. The maximum Gasteiger partial charge on any atom is 0.275 e. The van der Waals surface area contributed by atoms with Crippen molar-refractivity contribution in [1.82, 2.24) is 9.97 Å². The smallest absolute Gasteiger partial charge is 0.275 e. The van der Waals surface area contributed by atoms with Crippen molar-refractivity contribution < 1.29 is 4.79 Å². The average Bonchev–Trinajstić information content (AvgIpc) is 2.69. The first-order valence-corrected chi connectivity index (χ1v) is 8.11. The van der Waals surface area contributed by atoms with Crippen LogP contribution < -0.4 is 10.6 Å². The Labute approximate surface area is 151 Å². The molecule has 2 aromatic carbocycles. The second-order valence-electron chi connectivity index (χ2n) is 5.68. The minimum atomic E-state index is -0.414. The Bertz CT molecular complexity index is 932. The minimum absolute atomic E-state index is 0.0627. The zero-order valence-corrected chi connectivity index (χ0v) is 14.2. The Balaban J connectivity index is 1.67.